The minimum atomic E-state index is -0.609. The van der Waals surface area contributed by atoms with Gasteiger partial charge in [-0.25, -0.2) is 14.6 Å². The number of fused-ring (bicyclic) bond motifs is 1. The van der Waals surface area contributed by atoms with Gasteiger partial charge in [0.05, 0.1) is 47.8 Å². The molecule has 0 aliphatic carbocycles. The summed E-state index contributed by atoms with van der Waals surface area (Å²) in [6.45, 7) is 8.63. The number of carbonyl (C=O) groups excluding carboxylic acids is 3. The van der Waals surface area contributed by atoms with Crippen LogP contribution in [0, 0.1) is 0 Å². The number of alkyl carbamates (subject to hydrolysis) is 1. The maximum atomic E-state index is 14.9. The average Bonchev–Trinajstić information content (AvgIpc) is 3.79. The van der Waals surface area contributed by atoms with Crippen molar-refractivity contribution < 1.29 is 23.9 Å². The molecule has 3 heterocycles. The van der Waals surface area contributed by atoms with Gasteiger partial charge in [-0.15, -0.1) is 0 Å². The second kappa shape index (κ2) is 16.8. The van der Waals surface area contributed by atoms with Crippen molar-refractivity contribution in [2.75, 3.05) is 30.4 Å². The minimum absolute atomic E-state index is 0.0898. The number of hydrogen-bond donors (Lipinski definition) is 3. The lowest BCUT2D eigenvalue weighted by Crippen LogP contribution is -2.46. The SMILES string of the molecule is COC(=O)c1ccc(N2CCC(NC(=O)OC(C)(C)C)CC2)c(NC(=O)c2[nH]c3cc(Cl)ccc3c2-c2c(-c3ccccc3)ncn2[C@@H](C)c2ccc(Cl)cc2Cl)c1. The normalized spacial score (nSPS) is 14.0. The van der Waals surface area contributed by atoms with Crippen molar-refractivity contribution in [3.05, 3.63) is 123 Å². The third-order valence-electron chi connectivity index (χ3n) is 10.1. The van der Waals surface area contributed by atoms with Crippen molar-refractivity contribution in [2.24, 2.45) is 0 Å². The fourth-order valence-electron chi connectivity index (χ4n) is 7.37. The Morgan fingerprint density at radius 1 is 0.914 bits per heavy atom. The third kappa shape index (κ3) is 8.67. The summed E-state index contributed by atoms with van der Waals surface area (Å²) < 4.78 is 12.5. The van der Waals surface area contributed by atoms with Gasteiger partial charge >= 0.3 is 12.1 Å². The number of aromatic nitrogens is 3. The number of piperidine rings is 1. The molecule has 0 radical (unpaired) electrons. The van der Waals surface area contributed by atoms with E-state index in [9.17, 15) is 14.4 Å². The first kappa shape index (κ1) is 40.7. The summed E-state index contributed by atoms with van der Waals surface area (Å²) in [6, 6.07) is 25.2. The average molecular weight is 842 g/mol. The van der Waals surface area contributed by atoms with Gasteiger partial charge in [0.15, 0.2) is 0 Å². The molecule has 1 aliphatic rings. The van der Waals surface area contributed by atoms with Gasteiger partial charge in [0.1, 0.15) is 11.3 Å². The highest BCUT2D eigenvalue weighted by Crippen LogP contribution is 2.43. The maximum absolute atomic E-state index is 14.9. The summed E-state index contributed by atoms with van der Waals surface area (Å²) in [6.07, 6.45) is 2.57. The van der Waals surface area contributed by atoms with Gasteiger partial charge in [0.2, 0.25) is 0 Å². The zero-order chi connectivity index (χ0) is 41.3. The Balaban J connectivity index is 1.31. The maximum Gasteiger partial charge on any atom is 0.407 e. The fourth-order valence-corrected chi connectivity index (χ4v) is 8.10. The first-order valence-corrected chi connectivity index (χ1v) is 20.0. The van der Waals surface area contributed by atoms with Crippen LogP contribution in [0.2, 0.25) is 15.1 Å². The number of imidazole rings is 1. The topological polar surface area (TPSA) is 131 Å². The number of benzene rings is 4. The molecular formula is C44H43Cl3N6O5. The predicted octanol–water partition coefficient (Wildman–Crippen LogP) is 10.8. The Bertz CT molecular complexity index is 2500. The van der Waals surface area contributed by atoms with E-state index in [2.05, 4.69) is 20.5 Å². The van der Waals surface area contributed by atoms with Crippen molar-refractivity contribution >= 4 is 75.1 Å². The largest absolute Gasteiger partial charge is 0.465 e. The lowest BCUT2D eigenvalue weighted by atomic mass is 9.99. The van der Waals surface area contributed by atoms with Crippen molar-refractivity contribution in [1.82, 2.24) is 19.9 Å². The first-order valence-electron chi connectivity index (χ1n) is 18.9. The number of carbonyl (C=O) groups is 3. The molecule has 11 nitrogen and oxygen atoms in total. The Morgan fingerprint density at radius 3 is 2.31 bits per heavy atom. The van der Waals surface area contributed by atoms with Crippen LogP contribution in [-0.4, -0.2) is 64.3 Å². The van der Waals surface area contributed by atoms with Crippen LogP contribution >= 0.6 is 34.8 Å². The van der Waals surface area contributed by atoms with Crippen molar-refractivity contribution in [3.63, 3.8) is 0 Å². The van der Waals surface area contributed by atoms with Crippen LogP contribution < -0.4 is 15.5 Å². The molecule has 4 aromatic carbocycles. The van der Waals surface area contributed by atoms with E-state index in [0.29, 0.717) is 74.8 Å². The summed E-state index contributed by atoms with van der Waals surface area (Å²) in [4.78, 5) is 50.6. The molecule has 1 aliphatic heterocycles. The number of halogens is 3. The zero-order valence-electron chi connectivity index (χ0n) is 32.7. The van der Waals surface area contributed by atoms with Crippen molar-refractivity contribution in [1.29, 1.82) is 0 Å². The van der Waals surface area contributed by atoms with Crippen LogP contribution in [0.3, 0.4) is 0 Å². The van der Waals surface area contributed by atoms with Gasteiger partial charge in [0, 0.05) is 56.2 Å². The van der Waals surface area contributed by atoms with Crippen LogP contribution in [0.5, 0.6) is 0 Å². The molecule has 1 fully saturated rings. The van der Waals surface area contributed by atoms with E-state index in [-0.39, 0.29) is 23.3 Å². The van der Waals surface area contributed by atoms with Gasteiger partial charge in [0.25, 0.3) is 5.91 Å². The molecule has 2 amide bonds. The molecular weight excluding hydrogens is 799 g/mol. The monoisotopic (exact) mass is 840 g/mol. The van der Waals surface area contributed by atoms with E-state index in [1.807, 2.05) is 74.7 Å². The van der Waals surface area contributed by atoms with E-state index >= 15 is 0 Å². The molecule has 3 N–H and O–H groups in total. The Morgan fingerprint density at radius 2 is 1.62 bits per heavy atom. The molecule has 14 heteroatoms. The number of rotatable bonds is 9. The standard InChI is InChI=1S/C44H43Cl3N6O5/c1-25(31-14-12-28(45)22-33(31)47)53-24-48-38(26-9-7-6-8-10-26)40(53)37-32-15-13-29(46)23-34(32)50-39(37)41(54)51-35-21-27(42(55)57-5)11-16-36(35)52-19-17-30(18-20-52)49-43(56)58-44(2,3)4/h6-16,21-25,30,50H,17-20H2,1-5H3,(H,49,56)(H,51,54)/t25-/m0/s1. The smallest absolute Gasteiger partial charge is 0.407 e. The number of amides is 2. The number of esters is 1. The predicted molar refractivity (Wildman–Crippen MR) is 231 cm³/mol. The number of nitrogens with one attached hydrogen (secondary N) is 3. The van der Waals surface area contributed by atoms with Crippen molar-refractivity contribution in [2.45, 2.75) is 58.2 Å². The van der Waals surface area contributed by atoms with E-state index < -0.39 is 23.6 Å². The highest BCUT2D eigenvalue weighted by molar-refractivity contribution is 6.35. The van der Waals surface area contributed by atoms with Gasteiger partial charge in [-0.1, -0.05) is 77.3 Å². The highest BCUT2D eigenvalue weighted by Gasteiger charge is 2.30. The summed E-state index contributed by atoms with van der Waals surface area (Å²) in [7, 11) is 1.31. The summed E-state index contributed by atoms with van der Waals surface area (Å²) in [5, 5.41) is 8.35. The third-order valence-corrected chi connectivity index (χ3v) is 10.9. The summed E-state index contributed by atoms with van der Waals surface area (Å²) >= 11 is 19.6. The van der Waals surface area contributed by atoms with Crippen LogP contribution in [0.25, 0.3) is 33.4 Å². The molecule has 1 atom stereocenters. The van der Waals surface area contributed by atoms with Gasteiger partial charge in [-0.3, -0.25) is 4.79 Å². The second-order valence-electron chi connectivity index (χ2n) is 15.2. The highest BCUT2D eigenvalue weighted by atomic mass is 35.5. The first-order chi connectivity index (χ1) is 27.7. The number of nitrogens with zero attached hydrogens (tertiary/aromatic N) is 3. The molecule has 7 rings (SSSR count). The molecule has 0 unspecified atom stereocenters. The fraction of sp³-hybridized carbons (Fsp3) is 0.273. The zero-order valence-corrected chi connectivity index (χ0v) is 34.9. The molecule has 6 aromatic rings. The minimum Gasteiger partial charge on any atom is -0.465 e. The lowest BCUT2D eigenvalue weighted by Gasteiger charge is -2.35. The summed E-state index contributed by atoms with van der Waals surface area (Å²) in [5.74, 6) is -1.01. The van der Waals surface area contributed by atoms with Gasteiger partial charge in [-0.2, -0.15) is 0 Å². The summed E-state index contributed by atoms with van der Waals surface area (Å²) in [5.41, 5.74) is 5.24. The number of hydrogen-bond acceptors (Lipinski definition) is 7. The molecule has 1 saturated heterocycles. The molecule has 300 valence electrons. The van der Waals surface area contributed by atoms with E-state index in [1.165, 1.54) is 7.11 Å². The second-order valence-corrected chi connectivity index (χ2v) is 16.5. The Hall–Kier alpha value is -5.49. The van der Waals surface area contributed by atoms with Crippen LogP contribution in [0.1, 0.15) is 73.0 Å². The quantitative estimate of drug-likeness (QED) is 0.124. The van der Waals surface area contributed by atoms with Crippen molar-refractivity contribution in [3.8, 4) is 22.5 Å². The molecule has 0 bridgehead atoms. The lowest BCUT2D eigenvalue weighted by molar-refractivity contribution is 0.0496. The number of ether oxygens (including phenoxy) is 2. The van der Waals surface area contributed by atoms with E-state index in [1.54, 1.807) is 48.8 Å². The van der Waals surface area contributed by atoms with E-state index in [0.717, 1.165) is 16.5 Å². The van der Waals surface area contributed by atoms with Crippen LogP contribution in [-0.2, 0) is 9.47 Å². The molecule has 2 aromatic heterocycles. The number of H-pyrrole nitrogens is 1. The Labute approximate surface area is 351 Å². The van der Waals surface area contributed by atoms with Crippen LogP contribution in [0.15, 0.2) is 91.3 Å². The molecule has 58 heavy (non-hydrogen) atoms. The van der Waals surface area contributed by atoms with Crippen LogP contribution in [0.4, 0.5) is 16.2 Å². The van der Waals surface area contributed by atoms with E-state index in [4.69, 9.17) is 49.3 Å². The number of aromatic amines is 1. The van der Waals surface area contributed by atoms with Gasteiger partial charge in [-0.05, 0) is 88.6 Å². The Kier molecular flexibility index (Phi) is 11.8. The number of anilines is 2. The number of methoxy groups -OCH3 is 1. The molecule has 0 saturated carbocycles. The molecule has 0 spiro atoms. The van der Waals surface area contributed by atoms with Gasteiger partial charge < -0.3 is 34.6 Å².